The molecule has 0 unspecified atom stereocenters. The van der Waals surface area contributed by atoms with Gasteiger partial charge in [-0.2, -0.15) is 0 Å². The Bertz CT molecular complexity index is 414. The Morgan fingerprint density at radius 2 is 1.06 bits per heavy atom. The van der Waals surface area contributed by atoms with Crippen LogP contribution < -0.4 is 0 Å². The van der Waals surface area contributed by atoms with Crippen molar-refractivity contribution in [2.75, 3.05) is 54.1 Å². The third-order valence-electron chi connectivity index (χ3n) is 1.58. The average molecular weight is 288 g/mol. The van der Waals surface area contributed by atoms with E-state index in [2.05, 4.69) is 50.0 Å². The van der Waals surface area contributed by atoms with Gasteiger partial charge in [-0.15, -0.1) is 0 Å². The van der Waals surface area contributed by atoms with E-state index in [0.717, 1.165) is 11.4 Å². The summed E-state index contributed by atoms with van der Waals surface area (Å²) in [7, 11) is 0.917. The van der Waals surface area contributed by atoms with Gasteiger partial charge in [0.25, 0.3) is 0 Å². The summed E-state index contributed by atoms with van der Waals surface area (Å²) in [5.41, 5.74) is 0.893. The summed E-state index contributed by atoms with van der Waals surface area (Å²) in [5, 5.41) is 0. The first-order valence-corrected chi connectivity index (χ1v) is 11.9. The highest BCUT2D eigenvalue weighted by molar-refractivity contribution is 7.64. The molecule has 104 valence electrons. The predicted molar refractivity (Wildman–Crippen MR) is 90.1 cm³/mol. The van der Waals surface area contributed by atoms with Crippen molar-refractivity contribution in [3.05, 3.63) is 11.4 Å². The van der Waals surface area contributed by atoms with Gasteiger partial charge in [-0.3, -0.25) is 9.98 Å². The lowest BCUT2D eigenvalue weighted by atomic mass is 10.3. The molecular formula is C12H26N4P2. The maximum absolute atomic E-state index is 4.80. The van der Waals surface area contributed by atoms with Crippen molar-refractivity contribution in [2.24, 2.45) is 19.5 Å². The van der Waals surface area contributed by atoms with Crippen LogP contribution in [0.1, 0.15) is 0 Å². The molecule has 0 aromatic rings. The SMILES string of the molecule is CN=CC(C=NC)=C(N=P(C)(C)C)N=P(C)(C)C. The molecule has 0 saturated carbocycles. The maximum Gasteiger partial charge on any atom is 0.159 e. The molecule has 0 atom stereocenters. The molecule has 6 heteroatoms. The molecule has 0 N–H and O–H groups in total. The number of nitrogens with zero attached hydrogens (tertiary/aromatic N) is 4. The van der Waals surface area contributed by atoms with E-state index in [0.29, 0.717) is 0 Å². The Morgan fingerprint density at radius 3 is 1.28 bits per heavy atom. The number of hydrogen-bond acceptors (Lipinski definition) is 4. The Hall–Kier alpha value is -0.460. The molecule has 0 saturated heterocycles. The van der Waals surface area contributed by atoms with Crippen molar-refractivity contribution in [1.29, 1.82) is 0 Å². The fourth-order valence-electron chi connectivity index (χ4n) is 1.13. The molecule has 0 aromatic carbocycles. The molecule has 0 radical (unpaired) electrons. The monoisotopic (exact) mass is 288 g/mol. The molecule has 4 nitrogen and oxygen atoms in total. The molecule has 0 fully saturated rings. The second kappa shape index (κ2) is 7.21. The van der Waals surface area contributed by atoms with Crippen molar-refractivity contribution in [1.82, 2.24) is 0 Å². The lowest BCUT2D eigenvalue weighted by Gasteiger charge is -2.12. The summed E-state index contributed by atoms with van der Waals surface area (Å²) in [6.07, 6.45) is 3.56. The van der Waals surface area contributed by atoms with E-state index in [-0.39, 0.29) is 0 Å². The largest absolute Gasteiger partial charge is 0.296 e. The molecule has 18 heavy (non-hydrogen) atoms. The normalized spacial score (nSPS) is 13.1. The Balaban J connectivity index is 6.12. The van der Waals surface area contributed by atoms with Crippen LogP contribution in [-0.4, -0.2) is 66.5 Å². The van der Waals surface area contributed by atoms with Crippen molar-refractivity contribution in [3.63, 3.8) is 0 Å². The van der Waals surface area contributed by atoms with Crippen LogP contribution in [0.25, 0.3) is 0 Å². The van der Waals surface area contributed by atoms with Gasteiger partial charge < -0.3 is 0 Å². The van der Waals surface area contributed by atoms with Gasteiger partial charge in [-0.25, -0.2) is 9.49 Å². The molecule has 0 aliphatic heterocycles. The fraction of sp³-hybridized carbons (Fsp3) is 0.667. The molecule has 0 aliphatic rings. The summed E-state index contributed by atoms with van der Waals surface area (Å²) in [6, 6.07) is 0. The summed E-state index contributed by atoms with van der Waals surface area (Å²) < 4.78 is 9.60. The van der Waals surface area contributed by atoms with Crippen molar-refractivity contribution in [3.8, 4) is 0 Å². The highest BCUT2D eigenvalue weighted by Gasteiger charge is 2.06. The second-order valence-electron chi connectivity index (χ2n) is 5.64. The third-order valence-corrected chi connectivity index (χ3v) is 3.16. The van der Waals surface area contributed by atoms with Gasteiger partial charge in [0.15, 0.2) is 5.82 Å². The molecule has 0 aliphatic carbocycles. The van der Waals surface area contributed by atoms with Gasteiger partial charge in [-0.1, -0.05) is 0 Å². The Morgan fingerprint density at radius 1 is 0.722 bits per heavy atom. The van der Waals surface area contributed by atoms with E-state index < -0.39 is 14.1 Å². The molecule has 0 aromatic heterocycles. The van der Waals surface area contributed by atoms with Crippen molar-refractivity contribution >= 4 is 26.5 Å². The summed E-state index contributed by atoms with van der Waals surface area (Å²) >= 11 is 0. The second-order valence-corrected chi connectivity index (χ2v) is 13.8. The standard InChI is InChI=1S/C12H26N4P2/c1-13-9-11(10-14-2)12(15-17(3,4)5)16-18(6,7)8/h9-10H,1-8H3. The summed E-state index contributed by atoms with van der Waals surface area (Å²) in [5.74, 6) is 0.799. The molecule has 0 rings (SSSR count). The lowest BCUT2D eigenvalue weighted by Crippen LogP contribution is -1.93. The molecule has 0 heterocycles. The van der Waals surface area contributed by atoms with Gasteiger partial charge in [-0.05, 0) is 54.1 Å². The number of hydrogen-bond donors (Lipinski definition) is 0. The smallest absolute Gasteiger partial charge is 0.159 e. The maximum atomic E-state index is 4.80. The minimum absolute atomic E-state index is 0.799. The Kier molecular flexibility index (Phi) is 7.02. The zero-order chi connectivity index (χ0) is 14.4. The highest BCUT2D eigenvalue weighted by Crippen LogP contribution is 2.43. The van der Waals surface area contributed by atoms with E-state index in [1.165, 1.54) is 0 Å². The average Bonchev–Trinajstić information content (AvgIpc) is 2.12. The summed E-state index contributed by atoms with van der Waals surface area (Å²) in [6.45, 7) is 13.0. The topological polar surface area (TPSA) is 49.4 Å². The minimum atomic E-state index is -1.29. The van der Waals surface area contributed by atoms with E-state index in [9.17, 15) is 0 Å². The predicted octanol–water partition coefficient (Wildman–Crippen LogP) is 3.78. The summed E-state index contributed by atoms with van der Waals surface area (Å²) in [4.78, 5) is 8.13. The van der Waals surface area contributed by atoms with Crippen molar-refractivity contribution < 1.29 is 0 Å². The van der Waals surface area contributed by atoms with Crippen LogP contribution in [0.3, 0.4) is 0 Å². The van der Waals surface area contributed by atoms with Gasteiger partial charge in [0.2, 0.25) is 0 Å². The van der Waals surface area contributed by atoms with Crippen LogP contribution in [0.4, 0.5) is 0 Å². The van der Waals surface area contributed by atoms with Gasteiger partial charge in [0.1, 0.15) is 0 Å². The van der Waals surface area contributed by atoms with E-state index in [1.54, 1.807) is 26.5 Å². The first-order chi connectivity index (χ1) is 8.09. The molecule has 0 spiro atoms. The lowest BCUT2D eigenvalue weighted by molar-refractivity contribution is 1.26. The highest BCUT2D eigenvalue weighted by atomic mass is 31.2. The molecular weight excluding hydrogens is 262 g/mol. The van der Waals surface area contributed by atoms with Crippen LogP contribution >= 0.6 is 14.1 Å². The Labute approximate surface area is 112 Å². The zero-order valence-corrected chi connectivity index (χ0v) is 14.6. The van der Waals surface area contributed by atoms with Gasteiger partial charge >= 0.3 is 0 Å². The van der Waals surface area contributed by atoms with Crippen LogP contribution in [0, 0.1) is 0 Å². The molecule has 0 bridgehead atoms. The molecule has 0 amide bonds. The van der Waals surface area contributed by atoms with Crippen LogP contribution in [0.2, 0.25) is 0 Å². The van der Waals surface area contributed by atoms with Crippen LogP contribution in [0.5, 0.6) is 0 Å². The van der Waals surface area contributed by atoms with E-state index in [1.807, 2.05) is 0 Å². The van der Waals surface area contributed by atoms with Crippen LogP contribution in [-0.2, 0) is 0 Å². The van der Waals surface area contributed by atoms with Gasteiger partial charge in [0.05, 0.1) is 5.57 Å². The fourth-order valence-corrected chi connectivity index (χ4v) is 2.66. The quantitative estimate of drug-likeness (QED) is 0.558. The third kappa shape index (κ3) is 8.60. The van der Waals surface area contributed by atoms with Crippen molar-refractivity contribution in [2.45, 2.75) is 0 Å². The van der Waals surface area contributed by atoms with Crippen LogP contribution in [0.15, 0.2) is 30.9 Å². The number of aliphatic imine (C=N–C) groups is 2. The zero-order valence-electron chi connectivity index (χ0n) is 12.8. The van der Waals surface area contributed by atoms with E-state index >= 15 is 0 Å². The number of allylic oxidation sites excluding steroid dienone is 1. The number of rotatable bonds is 4. The first kappa shape index (κ1) is 17.5. The van der Waals surface area contributed by atoms with E-state index in [4.69, 9.17) is 9.49 Å². The first-order valence-electron chi connectivity index (χ1n) is 5.77. The minimum Gasteiger partial charge on any atom is -0.296 e. The van der Waals surface area contributed by atoms with Gasteiger partial charge in [0, 0.05) is 26.5 Å².